The van der Waals surface area contributed by atoms with E-state index in [1.807, 2.05) is 23.1 Å². The van der Waals surface area contributed by atoms with Gasteiger partial charge >= 0.3 is 0 Å². The molecule has 0 saturated carbocycles. The molecule has 1 amide bonds. The van der Waals surface area contributed by atoms with Gasteiger partial charge in [-0.15, -0.1) is 0 Å². The van der Waals surface area contributed by atoms with Crippen molar-refractivity contribution in [2.45, 2.75) is 51.4 Å². The van der Waals surface area contributed by atoms with Crippen LogP contribution in [0.15, 0.2) is 18.2 Å². The van der Waals surface area contributed by atoms with E-state index in [0.717, 1.165) is 68.5 Å². The van der Waals surface area contributed by atoms with Gasteiger partial charge in [0, 0.05) is 36.6 Å². The summed E-state index contributed by atoms with van der Waals surface area (Å²) in [7, 11) is 1.65. The molecule has 1 fully saturated rings. The first kappa shape index (κ1) is 17.0. The standard InChI is InChI=1S/C20H27NO3/c1-24-18-9-6-8-17-16(18)12-11-15(20(17)23)7-5-10-19(22)21-13-3-2-4-14-21/h6,8-9,15H,2-5,7,10-14H2,1H3. The molecule has 0 spiro atoms. The summed E-state index contributed by atoms with van der Waals surface area (Å²) in [4.78, 5) is 26.9. The summed E-state index contributed by atoms with van der Waals surface area (Å²) < 4.78 is 5.37. The van der Waals surface area contributed by atoms with Crippen LogP contribution in [0.4, 0.5) is 0 Å². The molecule has 1 aliphatic heterocycles. The molecular formula is C20H27NO3. The Kier molecular flexibility index (Phi) is 5.54. The van der Waals surface area contributed by atoms with Crippen LogP contribution in [0, 0.1) is 5.92 Å². The molecule has 0 bridgehead atoms. The van der Waals surface area contributed by atoms with Gasteiger partial charge in [-0.25, -0.2) is 0 Å². The predicted octanol–water partition coefficient (Wildman–Crippen LogP) is 3.62. The summed E-state index contributed by atoms with van der Waals surface area (Å²) in [6.45, 7) is 1.82. The Morgan fingerprint density at radius 3 is 2.79 bits per heavy atom. The van der Waals surface area contributed by atoms with Gasteiger partial charge in [0.1, 0.15) is 5.75 Å². The lowest BCUT2D eigenvalue weighted by atomic mass is 9.80. The highest BCUT2D eigenvalue weighted by molar-refractivity contribution is 6.00. The molecule has 1 aromatic rings. The molecule has 1 atom stereocenters. The van der Waals surface area contributed by atoms with Crippen LogP contribution >= 0.6 is 0 Å². The van der Waals surface area contributed by atoms with Crippen molar-refractivity contribution >= 4 is 11.7 Å². The van der Waals surface area contributed by atoms with Crippen LogP contribution in [0.1, 0.15) is 60.9 Å². The van der Waals surface area contributed by atoms with Gasteiger partial charge in [0.05, 0.1) is 7.11 Å². The zero-order valence-electron chi connectivity index (χ0n) is 14.6. The number of nitrogens with zero attached hydrogens (tertiary/aromatic N) is 1. The van der Waals surface area contributed by atoms with Gasteiger partial charge in [-0.05, 0) is 51.0 Å². The van der Waals surface area contributed by atoms with Crippen LogP contribution in [0.3, 0.4) is 0 Å². The molecule has 1 aromatic carbocycles. The third kappa shape index (κ3) is 3.63. The fraction of sp³-hybridized carbons (Fsp3) is 0.600. The third-order valence-electron chi connectivity index (χ3n) is 5.38. The summed E-state index contributed by atoms with van der Waals surface area (Å²) in [5.74, 6) is 1.36. The van der Waals surface area contributed by atoms with Gasteiger partial charge in [0.25, 0.3) is 0 Å². The minimum absolute atomic E-state index is 0.0544. The number of benzene rings is 1. The molecule has 1 unspecified atom stereocenters. The van der Waals surface area contributed by atoms with Gasteiger partial charge in [-0.2, -0.15) is 0 Å². The second-order valence-electron chi connectivity index (χ2n) is 6.92. The lowest BCUT2D eigenvalue weighted by Crippen LogP contribution is -2.35. The van der Waals surface area contributed by atoms with Crippen molar-refractivity contribution < 1.29 is 14.3 Å². The minimum atomic E-state index is 0.0544. The van der Waals surface area contributed by atoms with Crippen molar-refractivity contribution in [3.63, 3.8) is 0 Å². The molecule has 4 nitrogen and oxygen atoms in total. The molecule has 1 saturated heterocycles. The smallest absolute Gasteiger partial charge is 0.222 e. The lowest BCUT2D eigenvalue weighted by Gasteiger charge is -2.27. The SMILES string of the molecule is COc1cccc2c1CCC(CCCC(=O)N1CCCCC1)C2=O. The number of likely N-dealkylation sites (tertiary alicyclic amines) is 1. The maximum atomic E-state index is 12.7. The minimum Gasteiger partial charge on any atom is -0.496 e. The highest BCUT2D eigenvalue weighted by Gasteiger charge is 2.29. The monoisotopic (exact) mass is 329 g/mol. The largest absolute Gasteiger partial charge is 0.496 e. The highest BCUT2D eigenvalue weighted by atomic mass is 16.5. The molecule has 130 valence electrons. The van der Waals surface area contributed by atoms with Crippen molar-refractivity contribution in [3.05, 3.63) is 29.3 Å². The number of piperidine rings is 1. The number of hydrogen-bond donors (Lipinski definition) is 0. The third-order valence-corrected chi connectivity index (χ3v) is 5.38. The van der Waals surface area contributed by atoms with E-state index in [2.05, 4.69) is 0 Å². The summed E-state index contributed by atoms with van der Waals surface area (Å²) in [5, 5.41) is 0. The van der Waals surface area contributed by atoms with E-state index < -0.39 is 0 Å². The number of carbonyl (C=O) groups excluding carboxylic acids is 2. The zero-order chi connectivity index (χ0) is 16.9. The van der Waals surface area contributed by atoms with E-state index in [0.29, 0.717) is 6.42 Å². The van der Waals surface area contributed by atoms with Crippen LogP contribution < -0.4 is 4.74 Å². The number of fused-ring (bicyclic) bond motifs is 1. The normalized spacial score (nSPS) is 20.6. The van der Waals surface area contributed by atoms with Gasteiger partial charge in [-0.1, -0.05) is 12.1 Å². The van der Waals surface area contributed by atoms with Gasteiger partial charge in [0.15, 0.2) is 5.78 Å². The lowest BCUT2D eigenvalue weighted by molar-refractivity contribution is -0.132. The first-order valence-electron chi connectivity index (χ1n) is 9.18. The van der Waals surface area contributed by atoms with Crippen molar-refractivity contribution in [1.29, 1.82) is 0 Å². The Morgan fingerprint density at radius 2 is 2.04 bits per heavy atom. The first-order valence-corrected chi connectivity index (χ1v) is 9.18. The molecule has 0 radical (unpaired) electrons. The molecule has 3 rings (SSSR count). The quantitative estimate of drug-likeness (QED) is 0.829. The second kappa shape index (κ2) is 7.82. The van der Waals surface area contributed by atoms with E-state index in [1.165, 1.54) is 6.42 Å². The first-order chi connectivity index (χ1) is 11.7. The average Bonchev–Trinajstić information content (AvgIpc) is 2.63. The van der Waals surface area contributed by atoms with Crippen molar-refractivity contribution in [3.8, 4) is 5.75 Å². The maximum Gasteiger partial charge on any atom is 0.222 e. The summed E-state index contributed by atoms with van der Waals surface area (Å²) >= 11 is 0. The molecule has 2 aliphatic rings. The highest BCUT2D eigenvalue weighted by Crippen LogP contribution is 2.34. The number of carbonyl (C=O) groups is 2. The number of amides is 1. The Morgan fingerprint density at radius 1 is 1.25 bits per heavy atom. The Bertz CT molecular complexity index is 605. The molecule has 0 N–H and O–H groups in total. The van der Waals surface area contributed by atoms with Gasteiger partial charge in [0.2, 0.25) is 5.91 Å². The fourth-order valence-electron chi connectivity index (χ4n) is 3.99. The number of hydrogen-bond acceptors (Lipinski definition) is 3. The van der Waals surface area contributed by atoms with Crippen LogP contribution in [-0.4, -0.2) is 36.8 Å². The van der Waals surface area contributed by atoms with Crippen LogP contribution in [-0.2, 0) is 11.2 Å². The maximum absolute atomic E-state index is 12.7. The topological polar surface area (TPSA) is 46.6 Å². The molecule has 1 aliphatic carbocycles. The number of ketones is 1. The van der Waals surface area contributed by atoms with E-state index in [1.54, 1.807) is 7.11 Å². The Balaban J connectivity index is 1.53. The van der Waals surface area contributed by atoms with E-state index in [9.17, 15) is 9.59 Å². The van der Waals surface area contributed by atoms with Crippen molar-refractivity contribution in [1.82, 2.24) is 4.90 Å². The summed E-state index contributed by atoms with van der Waals surface area (Å²) in [5.41, 5.74) is 1.86. The van der Waals surface area contributed by atoms with Gasteiger partial charge in [-0.3, -0.25) is 9.59 Å². The van der Waals surface area contributed by atoms with Crippen molar-refractivity contribution in [2.75, 3.05) is 20.2 Å². The Hall–Kier alpha value is -1.84. The second-order valence-corrected chi connectivity index (χ2v) is 6.92. The molecule has 1 heterocycles. The van der Waals surface area contributed by atoms with E-state index in [-0.39, 0.29) is 17.6 Å². The summed E-state index contributed by atoms with van der Waals surface area (Å²) in [6, 6.07) is 5.72. The molecular weight excluding hydrogens is 302 g/mol. The number of ether oxygens (including phenoxy) is 1. The molecule has 0 aromatic heterocycles. The van der Waals surface area contributed by atoms with Gasteiger partial charge < -0.3 is 9.64 Å². The molecule has 24 heavy (non-hydrogen) atoms. The number of methoxy groups -OCH3 is 1. The van der Waals surface area contributed by atoms with Crippen LogP contribution in [0.25, 0.3) is 0 Å². The van der Waals surface area contributed by atoms with Crippen LogP contribution in [0.5, 0.6) is 5.75 Å². The summed E-state index contributed by atoms with van der Waals surface area (Å²) in [6.07, 6.45) is 7.45. The predicted molar refractivity (Wildman–Crippen MR) is 93.4 cm³/mol. The van der Waals surface area contributed by atoms with Crippen molar-refractivity contribution in [2.24, 2.45) is 5.92 Å². The van der Waals surface area contributed by atoms with E-state index >= 15 is 0 Å². The fourth-order valence-corrected chi connectivity index (χ4v) is 3.99. The average molecular weight is 329 g/mol. The number of Topliss-reactive ketones (excluding diaryl/α,β-unsaturated/α-hetero) is 1. The molecule has 4 heteroatoms. The number of rotatable bonds is 5. The van der Waals surface area contributed by atoms with E-state index in [4.69, 9.17) is 4.74 Å². The Labute approximate surface area is 144 Å². The zero-order valence-corrected chi connectivity index (χ0v) is 14.6. The van der Waals surface area contributed by atoms with Crippen LogP contribution in [0.2, 0.25) is 0 Å².